The Bertz CT molecular complexity index is 531. The number of nitrogens with zero attached hydrogens (tertiary/aromatic N) is 1. The van der Waals surface area contributed by atoms with E-state index in [0.717, 1.165) is 23.4 Å². The molecule has 2 rings (SSSR count). The van der Waals surface area contributed by atoms with Crippen molar-refractivity contribution in [2.45, 2.75) is 51.9 Å². The van der Waals surface area contributed by atoms with Gasteiger partial charge in [-0.1, -0.05) is 45.1 Å². The van der Waals surface area contributed by atoms with E-state index in [1.807, 2.05) is 18.3 Å². The molecule has 0 radical (unpaired) electrons. The molecule has 0 amide bonds. The summed E-state index contributed by atoms with van der Waals surface area (Å²) in [6.45, 7) is 2.26. The molecule has 1 heterocycles. The zero-order valence-corrected chi connectivity index (χ0v) is 13.8. The number of unbranched alkanes of at least 4 members (excludes halogenated alkanes) is 5. The molecular formula is C20H27NO. The average molecular weight is 297 g/mol. The van der Waals surface area contributed by atoms with Crippen LogP contribution in [-0.4, -0.2) is 12.1 Å². The van der Waals surface area contributed by atoms with Gasteiger partial charge in [0.05, 0.1) is 12.8 Å². The Labute approximate surface area is 134 Å². The minimum absolute atomic E-state index is 0.878. The van der Waals surface area contributed by atoms with Gasteiger partial charge in [0.1, 0.15) is 5.75 Å². The molecule has 0 N–H and O–H groups in total. The van der Waals surface area contributed by atoms with Gasteiger partial charge in [-0.05, 0) is 48.7 Å². The van der Waals surface area contributed by atoms with Crippen molar-refractivity contribution in [1.29, 1.82) is 0 Å². The Morgan fingerprint density at radius 2 is 1.59 bits per heavy atom. The highest BCUT2D eigenvalue weighted by molar-refractivity contribution is 5.60. The zero-order chi connectivity index (χ0) is 15.6. The van der Waals surface area contributed by atoms with Crippen LogP contribution in [0.25, 0.3) is 11.3 Å². The van der Waals surface area contributed by atoms with E-state index >= 15 is 0 Å². The molecule has 2 nitrogen and oxygen atoms in total. The quantitative estimate of drug-likeness (QED) is 0.557. The molecule has 0 aliphatic carbocycles. The van der Waals surface area contributed by atoms with Crippen LogP contribution in [0.5, 0.6) is 5.75 Å². The van der Waals surface area contributed by atoms with Crippen molar-refractivity contribution in [3.05, 3.63) is 48.2 Å². The fourth-order valence-electron chi connectivity index (χ4n) is 2.61. The van der Waals surface area contributed by atoms with Crippen molar-refractivity contribution >= 4 is 0 Å². The molecule has 0 atom stereocenters. The Hall–Kier alpha value is -1.83. The minimum Gasteiger partial charge on any atom is -0.497 e. The molecule has 1 aromatic heterocycles. The van der Waals surface area contributed by atoms with Crippen LogP contribution in [-0.2, 0) is 6.42 Å². The topological polar surface area (TPSA) is 22.1 Å². The molecule has 1 aromatic carbocycles. The van der Waals surface area contributed by atoms with Gasteiger partial charge in [0.15, 0.2) is 0 Å². The van der Waals surface area contributed by atoms with Gasteiger partial charge in [0.25, 0.3) is 0 Å². The van der Waals surface area contributed by atoms with Gasteiger partial charge in [0.2, 0.25) is 0 Å². The Morgan fingerprint density at radius 3 is 2.23 bits per heavy atom. The standard InChI is InChI=1S/C20H27NO/c1-3-4-5-6-7-8-9-17-10-15-20(21-16-17)18-11-13-19(22-2)14-12-18/h10-16H,3-9H2,1-2H3. The number of hydrogen-bond acceptors (Lipinski definition) is 2. The molecule has 0 spiro atoms. The van der Waals surface area contributed by atoms with Gasteiger partial charge in [-0.15, -0.1) is 0 Å². The monoisotopic (exact) mass is 297 g/mol. The lowest BCUT2D eigenvalue weighted by atomic mass is 10.1. The van der Waals surface area contributed by atoms with E-state index in [4.69, 9.17) is 4.74 Å². The second-order valence-corrected chi connectivity index (χ2v) is 5.80. The second kappa shape index (κ2) is 9.24. The number of rotatable bonds is 9. The predicted octanol–water partition coefficient (Wildman–Crippen LogP) is 5.66. The Balaban J connectivity index is 1.82. The summed E-state index contributed by atoms with van der Waals surface area (Å²) in [5.41, 5.74) is 3.49. The summed E-state index contributed by atoms with van der Waals surface area (Å²) >= 11 is 0. The van der Waals surface area contributed by atoms with Crippen LogP contribution in [0.2, 0.25) is 0 Å². The number of aromatic nitrogens is 1. The summed E-state index contributed by atoms with van der Waals surface area (Å²) in [5, 5.41) is 0. The highest BCUT2D eigenvalue weighted by Gasteiger charge is 2.01. The first-order valence-corrected chi connectivity index (χ1v) is 8.43. The summed E-state index contributed by atoms with van der Waals surface area (Å²) in [6, 6.07) is 12.4. The number of aryl methyl sites for hydroxylation is 1. The SMILES string of the molecule is CCCCCCCCc1ccc(-c2ccc(OC)cc2)nc1. The Kier molecular flexibility index (Phi) is 6.95. The van der Waals surface area contributed by atoms with Crippen molar-refractivity contribution in [2.24, 2.45) is 0 Å². The third-order valence-electron chi connectivity index (χ3n) is 4.03. The first kappa shape index (κ1) is 16.5. The fourth-order valence-corrected chi connectivity index (χ4v) is 2.61. The van der Waals surface area contributed by atoms with Gasteiger partial charge in [-0.2, -0.15) is 0 Å². The van der Waals surface area contributed by atoms with E-state index in [1.54, 1.807) is 7.11 Å². The molecule has 0 saturated carbocycles. The number of benzene rings is 1. The van der Waals surface area contributed by atoms with E-state index in [0.29, 0.717) is 0 Å². The van der Waals surface area contributed by atoms with Gasteiger partial charge < -0.3 is 4.74 Å². The largest absolute Gasteiger partial charge is 0.497 e. The van der Waals surface area contributed by atoms with E-state index in [-0.39, 0.29) is 0 Å². The molecule has 0 bridgehead atoms. The van der Waals surface area contributed by atoms with Crippen LogP contribution in [0.3, 0.4) is 0 Å². The van der Waals surface area contributed by atoms with E-state index in [1.165, 1.54) is 44.1 Å². The van der Waals surface area contributed by atoms with Gasteiger partial charge >= 0.3 is 0 Å². The van der Waals surface area contributed by atoms with E-state index in [2.05, 4.69) is 36.2 Å². The molecule has 0 aliphatic rings. The number of methoxy groups -OCH3 is 1. The lowest BCUT2D eigenvalue weighted by Crippen LogP contribution is -1.90. The summed E-state index contributed by atoms with van der Waals surface area (Å²) in [4.78, 5) is 4.59. The van der Waals surface area contributed by atoms with Crippen LogP contribution in [0.15, 0.2) is 42.6 Å². The lowest BCUT2D eigenvalue weighted by molar-refractivity contribution is 0.415. The van der Waals surface area contributed by atoms with Gasteiger partial charge in [-0.3, -0.25) is 4.98 Å². The van der Waals surface area contributed by atoms with Crippen LogP contribution in [0.4, 0.5) is 0 Å². The molecule has 118 valence electrons. The highest BCUT2D eigenvalue weighted by atomic mass is 16.5. The predicted molar refractivity (Wildman–Crippen MR) is 93.3 cm³/mol. The van der Waals surface area contributed by atoms with Crippen molar-refractivity contribution in [2.75, 3.05) is 7.11 Å². The molecule has 2 aromatic rings. The van der Waals surface area contributed by atoms with Crippen molar-refractivity contribution in [1.82, 2.24) is 4.98 Å². The first-order chi connectivity index (χ1) is 10.8. The highest BCUT2D eigenvalue weighted by Crippen LogP contribution is 2.21. The number of pyridine rings is 1. The van der Waals surface area contributed by atoms with Crippen molar-refractivity contribution in [3.8, 4) is 17.0 Å². The van der Waals surface area contributed by atoms with Gasteiger partial charge in [-0.25, -0.2) is 0 Å². The maximum atomic E-state index is 5.18. The number of hydrogen-bond donors (Lipinski definition) is 0. The molecule has 22 heavy (non-hydrogen) atoms. The maximum Gasteiger partial charge on any atom is 0.118 e. The normalized spacial score (nSPS) is 10.6. The maximum absolute atomic E-state index is 5.18. The molecule has 0 saturated heterocycles. The summed E-state index contributed by atoms with van der Waals surface area (Å²) in [7, 11) is 1.68. The summed E-state index contributed by atoms with van der Waals surface area (Å²) < 4.78 is 5.18. The third kappa shape index (κ3) is 5.18. The fraction of sp³-hybridized carbons (Fsp3) is 0.450. The number of ether oxygens (including phenoxy) is 1. The van der Waals surface area contributed by atoms with Gasteiger partial charge in [0, 0.05) is 11.8 Å². The first-order valence-electron chi connectivity index (χ1n) is 8.43. The average Bonchev–Trinajstić information content (AvgIpc) is 2.59. The summed E-state index contributed by atoms with van der Waals surface area (Å²) in [5.74, 6) is 0.878. The second-order valence-electron chi connectivity index (χ2n) is 5.80. The van der Waals surface area contributed by atoms with Crippen LogP contribution < -0.4 is 4.74 Å². The minimum atomic E-state index is 0.878. The summed E-state index contributed by atoms with van der Waals surface area (Å²) in [6.07, 6.45) is 11.2. The van der Waals surface area contributed by atoms with Crippen LogP contribution >= 0.6 is 0 Å². The smallest absolute Gasteiger partial charge is 0.118 e. The molecular weight excluding hydrogens is 270 g/mol. The van der Waals surface area contributed by atoms with Crippen molar-refractivity contribution in [3.63, 3.8) is 0 Å². The third-order valence-corrected chi connectivity index (χ3v) is 4.03. The van der Waals surface area contributed by atoms with Crippen LogP contribution in [0.1, 0.15) is 51.0 Å². The Morgan fingerprint density at radius 1 is 0.864 bits per heavy atom. The molecule has 0 aliphatic heterocycles. The molecule has 0 fully saturated rings. The van der Waals surface area contributed by atoms with Crippen molar-refractivity contribution < 1.29 is 4.74 Å². The van der Waals surface area contributed by atoms with E-state index < -0.39 is 0 Å². The zero-order valence-electron chi connectivity index (χ0n) is 13.8. The lowest BCUT2D eigenvalue weighted by Gasteiger charge is -2.05. The van der Waals surface area contributed by atoms with E-state index in [9.17, 15) is 0 Å². The molecule has 2 heteroatoms. The molecule has 0 unspecified atom stereocenters. The van der Waals surface area contributed by atoms with Crippen LogP contribution in [0, 0.1) is 0 Å².